The van der Waals surface area contributed by atoms with Gasteiger partial charge in [0.25, 0.3) is 26.0 Å². The van der Waals surface area contributed by atoms with Crippen molar-refractivity contribution in [2.24, 2.45) is 0 Å². The van der Waals surface area contributed by atoms with E-state index in [1.54, 1.807) is 43.3 Å². The second-order valence-electron chi connectivity index (χ2n) is 9.34. The standard InChI is InChI=1S/C29H29N3O5S2/c1-19-6-5-7-25(16-19)32-39(36,37)28-18-23(10-8-21(28)3)29(33)30-24-12-14-27(15-13-24)38(34,35)31-26-11-9-20(2)22(4)17-26/h5-18,31-32H,1-4H3,(H,30,33). The van der Waals surface area contributed by atoms with Gasteiger partial charge in [-0.2, -0.15) is 0 Å². The van der Waals surface area contributed by atoms with Crippen LogP contribution in [0.4, 0.5) is 17.1 Å². The largest absolute Gasteiger partial charge is 0.322 e. The molecule has 0 spiro atoms. The molecule has 0 bridgehead atoms. The summed E-state index contributed by atoms with van der Waals surface area (Å²) >= 11 is 0. The first-order valence-electron chi connectivity index (χ1n) is 12.1. The van der Waals surface area contributed by atoms with Gasteiger partial charge >= 0.3 is 0 Å². The van der Waals surface area contributed by atoms with Crippen molar-refractivity contribution in [3.63, 3.8) is 0 Å². The van der Waals surface area contributed by atoms with Gasteiger partial charge in [0.2, 0.25) is 0 Å². The lowest BCUT2D eigenvalue weighted by molar-refractivity contribution is 0.102. The predicted octanol–water partition coefficient (Wildman–Crippen LogP) is 5.77. The molecule has 3 N–H and O–H groups in total. The van der Waals surface area contributed by atoms with Crippen LogP contribution in [0.3, 0.4) is 0 Å². The number of carbonyl (C=O) groups excluding carboxylic acids is 1. The van der Waals surface area contributed by atoms with Crippen molar-refractivity contribution in [3.05, 3.63) is 113 Å². The first-order valence-corrected chi connectivity index (χ1v) is 15.0. The lowest BCUT2D eigenvalue weighted by Gasteiger charge is -2.13. The van der Waals surface area contributed by atoms with E-state index in [2.05, 4.69) is 14.8 Å². The van der Waals surface area contributed by atoms with Gasteiger partial charge in [-0.3, -0.25) is 14.2 Å². The Morgan fingerprint density at radius 2 is 1.21 bits per heavy atom. The van der Waals surface area contributed by atoms with Crippen molar-refractivity contribution in [2.45, 2.75) is 37.5 Å². The van der Waals surface area contributed by atoms with Crippen molar-refractivity contribution in [3.8, 4) is 0 Å². The molecule has 0 unspecified atom stereocenters. The maximum absolute atomic E-state index is 13.1. The molecule has 10 heteroatoms. The van der Waals surface area contributed by atoms with E-state index >= 15 is 0 Å². The molecule has 0 saturated heterocycles. The summed E-state index contributed by atoms with van der Waals surface area (Å²) in [4.78, 5) is 12.9. The molecule has 0 aromatic heterocycles. The number of amides is 1. The maximum atomic E-state index is 13.1. The number of carbonyl (C=O) groups is 1. The Hall–Kier alpha value is -4.15. The summed E-state index contributed by atoms with van der Waals surface area (Å²) in [5.74, 6) is -0.536. The van der Waals surface area contributed by atoms with Gasteiger partial charge in [-0.15, -0.1) is 0 Å². The van der Waals surface area contributed by atoms with Gasteiger partial charge in [0.1, 0.15) is 0 Å². The second-order valence-corrected chi connectivity index (χ2v) is 12.7. The van der Waals surface area contributed by atoms with Crippen LogP contribution in [-0.4, -0.2) is 22.7 Å². The fourth-order valence-corrected chi connectivity index (χ4v) is 6.26. The Bertz CT molecular complexity index is 1770. The van der Waals surface area contributed by atoms with Crippen molar-refractivity contribution in [2.75, 3.05) is 14.8 Å². The highest BCUT2D eigenvalue weighted by atomic mass is 32.2. The number of hydrogen-bond acceptors (Lipinski definition) is 5. The quantitative estimate of drug-likeness (QED) is 0.251. The molecule has 0 saturated carbocycles. The Morgan fingerprint density at radius 1 is 0.590 bits per heavy atom. The van der Waals surface area contributed by atoms with E-state index in [1.165, 1.54) is 36.4 Å². The highest BCUT2D eigenvalue weighted by molar-refractivity contribution is 7.93. The van der Waals surface area contributed by atoms with Crippen LogP contribution in [0.5, 0.6) is 0 Å². The molecule has 4 aromatic rings. The molecule has 4 rings (SSSR count). The number of sulfonamides is 2. The zero-order valence-corrected chi connectivity index (χ0v) is 23.6. The van der Waals surface area contributed by atoms with Crippen molar-refractivity contribution in [1.29, 1.82) is 0 Å². The number of rotatable bonds is 8. The molecule has 0 aliphatic rings. The third kappa shape index (κ3) is 6.65. The lowest BCUT2D eigenvalue weighted by atomic mass is 10.1. The van der Waals surface area contributed by atoms with E-state index in [0.717, 1.165) is 16.7 Å². The van der Waals surface area contributed by atoms with Crippen LogP contribution in [0, 0.1) is 27.7 Å². The fraction of sp³-hybridized carbons (Fsp3) is 0.138. The summed E-state index contributed by atoms with van der Waals surface area (Å²) in [7, 11) is -7.78. The van der Waals surface area contributed by atoms with Crippen LogP contribution < -0.4 is 14.8 Å². The Kier molecular flexibility index (Phi) is 7.80. The number of aryl methyl sites for hydroxylation is 4. The van der Waals surface area contributed by atoms with Gasteiger partial charge in [0.15, 0.2) is 0 Å². The predicted molar refractivity (Wildman–Crippen MR) is 154 cm³/mol. The van der Waals surface area contributed by atoms with Gasteiger partial charge in [0.05, 0.1) is 9.79 Å². The fourth-order valence-electron chi connectivity index (χ4n) is 3.89. The number of anilines is 3. The minimum absolute atomic E-state index is 0.0180. The summed E-state index contributed by atoms with van der Waals surface area (Å²) in [6.45, 7) is 7.35. The third-order valence-corrected chi connectivity index (χ3v) is 9.11. The van der Waals surface area contributed by atoms with Gasteiger partial charge in [0, 0.05) is 22.6 Å². The molecular formula is C29H29N3O5S2. The van der Waals surface area contributed by atoms with Crippen molar-refractivity contribution in [1.82, 2.24) is 0 Å². The average molecular weight is 564 g/mol. The Labute approximate surface area is 229 Å². The third-order valence-electron chi connectivity index (χ3n) is 6.19. The number of nitrogens with one attached hydrogen (secondary N) is 3. The van der Waals surface area contributed by atoms with Gasteiger partial charge in [-0.05, 0) is 111 Å². The zero-order valence-electron chi connectivity index (χ0n) is 21.9. The van der Waals surface area contributed by atoms with Gasteiger partial charge in [-0.25, -0.2) is 16.8 Å². The minimum Gasteiger partial charge on any atom is -0.322 e. The molecule has 202 valence electrons. The van der Waals surface area contributed by atoms with Crippen LogP contribution in [-0.2, 0) is 20.0 Å². The Morgan fingerprint density at radius 3 is 1.87 bits per heavy atom. The molecule has 8 nitrogen and oxygen atoms in total. The molecule has 0 fully saturated rings. The van der Waals surface area contributed by atoms with E-state index in [-0.39, 0.29) is 15.4 Å². The summed E-state index contributed by atoms with van der Waals surface area (Å²) in [5, 5.41) is 2.69. The molecule has 1 amide bonds. The maximum Gasteiger partial charge on any atom is 0.262 e. The average Bonchev–Trinajstić information content (AvgIpc) is 2.86. The summed E-state index contributed by atoms with van der Waals surface area (Å²) < 4.78 is 56.8. The van der Waals surface area contributed by atoms with Gasteiger partial charge in [-0.1, -0.05) is 24.3 Å². The van der Waals surface area contributed by atoms with Crippen LogP contribution >= 0.6 is 0 Å². The zero-order chi connectivity index (χ0) is 28.4. The molecule has 0 aliphatic heterocycles. The first kappa shape index (κ1) is 27.9. The van der Waals surface area contributed by atoms with E-state index < -0.39 is 26.0 Å². The summed E-state index contributed by atoms with van der Waals surface area (Å²) in [6, 6.07) is 22.4. The molecular weight excluding hydrogens is 534 g/mol. The summed E-state index contributed by atoms with van der Waals surface area (Å²) in [6.07, 6.45) is 0. The molecule has 0 aliphatic carbocycles. The second kappa shape index (κ2) is 10.9. The van der Waals surface area contributed by atoms with Crippen molar-refractivity contribution < 1.29 is 21.6 Å². The monoisotopic (exact) mass is 563 g/mol. The van der Waals surface area contributed by atoms with Gasteiger partial charge < -0.3 is 5.32 Å². The van der Waals surface area contributed by atoms with Crippen LogP contribution in [0.1, 0.15) is 32.6 Å². The SMILES string of the molecule is Cc1cccc(NS(=O)(=O)c2cc(C(=O)Nc3ccc(S(=O)(=O)Nc4ccc(C)c(C)c4)cc3)ccc2C)c1. The minimum atomic E-state index is -3.95. The lowest BCUT2D eigenvalue weighted by Crippen LogP contribution is -2.17. The molecule has 0 atom stereocenters. The Balaban J connectivity index is 1.49. The topological polar surface area (TPSA) is 121 Å². The van der Waals surface area contributed by atoms with Crippen LogP contribution in [0.2, 0.25) is 0 Å². The highest BCUT2D eigenvalue weighted by Crippen LogP contribution is 2.23. The van der Waals surface area contributed by atoms with E-state index in [9.17, 15) is 21.6 Å². The molecule has 0 radical (unpaired) electrons. The van der Waals surface area contributed by atoms with E-state index in [4.69, 9.17) is 0 Å². The molecule has 39 heavy (non-hydrogen) atoms. The van der Waals surface area contributed by atoms with Crippen LogP contribution in [0.15, 0.2) is 94.7 Å². The highest BCUT2D eigenvalue weighted by Gasteiger charge is 2.20. The number of hydrogen-bond donors (Lipinski definition) is 3. The molecule has 0 heterocycles. The first-order chi connectivity index (χ1) is 18.3. The van der Waals surface area contributed by atoms with Crippen LogP contribution in [0.25, 0.3) is 0 Å². The van der Waals surface area contributed by atoms with E-state index in [1.807, 2.05) is 32.9 Å². The number of benzene rings is 4. The smallest absolute Gasteiger partial charge is 0.262 e. The summed E-state index contributed by atoms with van der Waals surface area (Å²) in [5.41, 5.74) is 4.78. The normalized spacial score (nSPS) is 11.6. The van der Waals surface area contributed by atoms with E-state index in [0.29, 0.717) is 22.6 Å². The van der Waals surface area contributed by atoms with Crippen molar-refractivity contribution >= 4 is 43.0 Å². The molecule has 4 aromatic carbocycles.